The van der Waals surface area contributed by atoms with Gasteiger partial charge in [0.25, 0.3) is 0 Å². The molecule has 4 heterocycles. The number of aromatic nitrogens is 2. The second kappa shape index (κ2) is 17.3. The van der Waals surface area contributed by atoms with Gasteiger partial charge in [-0.1, -0.05) is 71.7 Å². The Morgan fingerprint density at radius 3 is 2.39 bits per heavy atom. The third-order valence-corrected chi connectivity index (χ3v) is 19.6. The summed E-state index contributed by atoms with van der Waals surface area (Å²) >= 11 is 0. The lowest BCUT2D eigenvalue weighted by Crippen LogP contribution is -2.56. The van der Waals surface area contributed by atoms with Gasteiger partial charge in [-0.3, -0.25) is 4.90 Å². The van der Waals surface area contributed by atoms with Gasteiger partial charge in [0.05, 0.1) is 35.2 Å². The van der Waals surface area contributed by atoms with E-state index in [1.54, 1.807) is 49.9 Å². The number of carbonyl (C=O) groups excluding carboxylic acids is 1. The van der Waals surface area contributed by atoms with Gasteiger partial charge in [-0.05, 0) is 79.9 Å². The molecule has 0 spiro atoms. The lowest BCUT2D eigenvalue weighted by molar-refractivity contribution is 0.0145. The molecule has 0 N–H and O–H groups in total. The molecule has 330 valence electrons. The summed E-state index contributed by atoms with van der Waals surface area (Å²) in [5.41, 5.74) is 2.65. The van der Waals surface area contributed by atoms with Crippen LogP contribution in [0.3, 0.4) is 0 Å². The van der Waals surface area contributed by atoms with Crippen molar-refractivity contribution in [2.45, 2.75) is 128 Å². The molecule has 1 amide bonds. The molecular formula is C48H58F4N6O3Si. The molecule has 4 aromatic rings. The molecule has 9 nitrogen and oxygen atoms in total. The van der Waals surface area contributed by atoms with Crippen molar-refractivity contribution >= 4 is 41.7 Å². The number of alkyl halides is 1. The van der Waals surface area contributed by atoms with Crippen LogP contribution in [0.15, 0.2) is 36.4 Å². The van der Waals surface area contributed by atoms with Crippen molar-refractivity contribution in [3.05, 3.63) is 59.4 Å². The van der Waals surface area contributed by atoms with Gasteiger partial charge in [-0.25, -0.2) is 22.4 Å². The number of amides is 1. The molecule has 3 aliphatic rings. The Balaban J connectivity index is 1.39. The first-order valence-corrected chi connectivity index (χ1v) is 24.1. The number of nitrogens with zero attached hydrogens (tertiary/aromatic N) is 6. The van der Waals surface area contributed by atoms with Crippen molar-refractivity contribution in [1.82, 2.24) is 19.8 Å². The van der Waals surface area contributed by atoms with E-state index < -0.39 is 60.5 Å². The number of benzene rings is 3. The van der Waals surface area contributed by atoms with E-state index in [1.807, 2.05) is 0 Å². The number of halogens is 4. The fraction of sp³-hybridized carbons (Fsp3) is 0.542. The zero-order valence-electron chi connectivity index (χ0n) is 37.3. The Morgan fingerprint density at radius 2 is 1.71 bits per heavy atom. The summed E-state index contributed by atoms with van der Waals surface area (Å²) in [6.07, 6.45) is 0.284. The molecule has 3 aliphatic heterocycles. The molecule has 62 heavy (non-hydrogen) atoms. The predicted molar refractivity (Wildman–Crippen MR) is 238 cm³/mol. The van der Waals surface area contributed by atoms with Crippen LogP contribution in [0.5, 0.6) is 6.01 Å². The van der Waals surface area contributed by atoms with Crippen LogP contribution < -0.4 is 9.64 Å². The number of fused-ring (bicyclic) bond motifs is 3. The van der Waals surface area contributed by atoms with Crippen LogP contribution in [0.25, 0.3) is 32.8 Å². The fourth-order valence-electron chi connectivity index (χ4n) is 10.5. The Hall–Kier alpha value is -4.92. The highest BCUT2D eigenvalue weighted by molar-refractivity contribution is 6.90. The van der Waals surface area contributed by atoms with Gasteiger partial charge in [0, 0.05) is 43.4 Å². The van der Waals surface area contributed by atoms with Gasteiger partial charge in [0.15, 0.2) is 5.82 Å². The van der Waals surface area contributed by atoms with E-state index in [2.05, 4.69) is 69.0 Å². The standard InChI is InChI=1S/C48H58F4N6O3Si/c1-29(2)62(30(3)4,31(5)6)23-17-35-38(50)15-14-32-12-10-13-36(40(32)35)41-39(51)24-37-43(42(41)52)54-45(60-28-48-18-11-20-57(48)26-33(49)25-48)55-44(37)56-21-22-58(34(27-56)16-19-53)46(59)61-47(7,8)9/h10,12-15,24,29-31,33-34H,11,16,18,20-22,25-28H2,1-9H3/t33-,34+,48+/m1/s1. The van der Waals surface area contributed by atoms with Crippen molar-refractivity contribution in [3.63, 3.8) is 0 Å². The SMILES string of the molecule is CC(C)[Si](C#Cc1c(F)ccc2cccc(-c3c(F)cc4c(N5CCN(C(=O)OC(C)(C)C)[C@@H](CC#N)C5)nc(OC[C@@]56CCCN5C[C@H](F)C6)nc4c3F)c12)(C(C)C)C(C)C. The smallest absolute Gasteiger partial charge is 0.410 e. The van der Waals surface area contributed by atoms with Crippen LogP contribution in [0.1, 0.15) is 93.6 Å². The molecule has 0 saturated carbocycles. The maximum atomic E-state index is 17.6. The molecule has 0 unspecified atom stereocenters. The Labute approximate surface area is 363 Å². The van der Waals surface area contributed by atoms with Crippen LogP contribution in [-0.4, -0.2) is 96.6 Å². The van der Waals surface area contributed by atoms with Crippen molar-refractivity contribution < 1.29 is 31.8 Å². The monoisotopic (exact) mass is 870 g/mol. The molecule has 3 fully saturated rings. The first-order chi connectivity index (χ1) is 29.3. The van der Waals surface area contributed by atoms with Gasteiger partial charge in [0.2, 0.25) is 0 Å². The number of hydrogen-bond donors (Lipinski definition) is 0. The van der Waals surface area contributed by atoms with Crippen LogP contribution in [-0.2, 0) is 4.74 Å². The molecule has 3 saturated heterocycles. The quantitative estimate of drug-likeness (QED) is 0.0932. The summed E-state index contributed by atoms with van der Waals surface area (Å²) < 4.78 is 77.5. The van der Waals surface area contributed by atoms with Crippen LogP contribution in [0.4, 0.5) is 28.2 Å². The van der Waals surface area contributed by atoms with Crippen LogP contribution in [0.2, 0.25) is 16.6 Å². The van der Waals surface area contributed by atoms with Gasteiger partial charge in [-0.2, -0.15) is 15.2 Å². The summed E-state index contributed by atoms with van der Waals surface area (Å²) in [4.78, 5) is 28.0. The Kier molecular flexibility index (Phi) is 12.6. The normalized spacial score (nSPS) is 20.9. The first-order valence-electron chi connectivity index (χ1n) is 21.9. The van der Waals surface area contributed by atoms with Crippen LogP contribution in [0, 0.1) is 40.2 Å². The summed E-state index contributed by atoms with van der Waals surface area (Å²) in [6.45, 7) is 19.8. The van der Waals surface area contributed by atoms with Gasteiger partial charge in [0.1, 0.15) is 49.4 Å². The highest BCUT2D eigenvalue weighted by atomic mass is 28.3. The molecule has 7 rings (SSSR count). The molecule has 0 bridgehead atoms. The number of carbonyl (C=O) groups is 1. The molecule has 3 aromatic carbocycles. The topological polar surface area (TPSA) is 94.8 Å². The largest absolute Gasteiger partial charge is 0.461 e. The molecular weight excluding hydrogens is 813 g/mol. The number of hydrogen-bond acceptors (Lipinski definition) is 8. The maximum absolute atomic E-state index is 17.6. The third-order valence-electron chi connectivity index (χ3n) is 13.3. The molecule has 14 heteroatoms. The highest BCUT2D eigenvalue weighted by Crippen LogP contribution is 2.44. The van der Waals surface area contributed by atoms with E-state index in [4.69, 9.17) is 14.5 Å². The van der Waals surface area contributed by atoms with Crippen LogP contribution >= 0.6 is 0 Å². The maximum Gasteiger partial charge on any atom is 0.410 e. The number of nitriles is 1. The second-order valence-electron chi connectivity index (χ2n) is 19.2. The van der Waals surface area contributed by atoms with E-state index in [0.717, 1.165) is 19.4 Å². The lowest BCUT2D eigenvalue weighted by atomic mass is 9.93. The number of ether oxygens (including phenoxy) is 2. The average molecular weight is 871 g/mol. The zero-order chi connectivity index (χ0) is 44.9. The minimum absolute atomic E-state index is 0.0320. The second-order valence-corrected chi connectivity index (χ2v) is 24.8. The lowest BCUT2D eigenvalue weighted by Gasteiger charge is -2.41. The first kappa shape index (κ1) is 45.1. The Morgan fingerprint density at radius 1 is 0.984 bits per heavy atom. The van der Waals surface area contributed by atoms with Crippen molar-refractivity contribution in [2.24, 2.45) is 0 Å². The molecule has 0 aliphatic carbocycles. The van der Waals surface area contributed by atoms with Gasteiger partial charge >= 0.3 is 12.1 Å². The molecule has 0 radical (unpaired) electrons. The van der Waals surface area contributed by atoms with Gasteiger partial charge in [-0.15, -0.1) is 5.54 Å². The minimum atomic E-state index is -2.35. The number of rotatable bonds is 9. The predicted octanol–water partition coefficient (Wildman–Crippen LogP) is 10.7. The summed E-state index contributed by atoms with van der Waals surface area (Å²) in [7, 11) is -2.35. The van der Waals surface area contributed by atoms with E-state index >= 15 is 13.2 Å². The fourth-order valence-corrected chi connectivity index (χ4v) is 15.7. The summed E-state index contributed by atoms with van der Waals surface area (Å²) in [5.74, 6) is 0.902. The van der Waals surface area contributed by atoms with E-state index in [1.165, 1.54) is 17.0 Å². The number of anilines is 1. The summed E-state index contributed by atoms with van der Waals surface area (Å²) in [5, 5.41) is 10.7. The van der Waals surface area contributed by atoms with E-state index in [-0.39, 0.29) is 89.6 Å². The molecule has 1 aromatic heterocycles. The van der Waals surface area contributed by atoms with E-state index in [0.29, 0.717) is 17.3 Å². The van der Waals surface area contributed by atoms with E-state index in [9.17, 15) is 14.4 Å². The molecule has 3 atom stereocenters. The van der Waals surface area contributed by atoms with Crippen molar-refractivity contribution in [1.29, 1.82) is 5.26 Å². The van der Waals surface area contributed by atoms with Gasteiger partial charge < -0.3 is 19.3 Å². The third kappa shape index (κ3) is 8.33. The Bertz CT molecular complexity index is 2450. The number of piperazine rings is 1. The summed E-state index contributed by atoms with van der Waals surface area (Å²) in [6, 6.07) is 10.5. The minimum Gasteiger partial charge on any atom is -0.461 e. The van der Waals surface area contributed by atoms with Crippen molar-refractivity contribution in [3.8, 4) is 34.7 Å². The van der Waals surface area contributed by atoms with Crippen molar-refractivity contribution in [2.75, 3.05) is 44.2 Å². The average Bonchev–Trinajstić information content (AvgIpc) is 3.72. The highest BCUT2D eigenvalue weighted by Gasteiger charge is 2.49. The zero-order valence-corrected chi connectivity index (χ0v) is 38.3.